The van der Waals surface area contributed by atoms with Gasteiger partial charge in [0.1, 0.15) is 5.82 Å². The van der Waals surface area contributed by atoms with E-state index in [0.717, 1.165) is 8.95 Å². The van der Waals surface area contributed by atoms with Crippen molar-refractivity contribution >= 4 is 60.7 Å². The molecule has 0 aliphatic heterocycles. The summed E-state index contributed by atoms with van der Waals surface area (Å²) in [7, 11) is 0. The minimum atomic E-state index is -0.280. The maximum Gasteiger partial charge on any atom is 0.128 e. The second-order valence-corrected chi connectivity index (χ2v) is 6.92. The van der Waals surface area contributed by atoms with E-state index in [2.05, 4.69) is 37.2 Å². The van der Waals surface area contributed by atoms with Crippen LogP contribution >= 0.6 is 55.1 Å². The predicted octanol–water partition coefficient (Wildman–Crippen LogP) is 6.83. The zero-order valence-corrected chi connectivity index (χ0v) is 15.0. The van der Waals surface area contributed by atoms with Gasteiger partial charge in [0.05, 0.1) is 21.8 Å². The van der Waals surface area contributed by atoms with E-state index in [4.69, 9.17) is 23.2 Å². The minimum absolute atomic E-state index is 0.274. The largest absolute Gasteiger partial charge is 0.376 e. The minimum Gasteiger partial charge on any atom is -0.376 e. The SMILES string of the molecule is CC(Nc1c(Cl)cc(Br)cc1Cl)c1cc(Br)ccc1F. The Bertz CT molecular complexity index is 626. The summed E-state index contributed by atoms with van der Waals surface area (Å²) in [6.45, 7) is 1.85. The number of hydrogen-bond acceptors (Lipinski definition) is 1. The van der Waals surface area contributed by atoms with Crippen molar-refractivity contribution in [2.75, 3.05) is 5.32 Å². The normalized spacial score (nSPS) is 12.3. The third kappa shape index (κ3) is 3.67. The lowest BCUT2D eigenvalue weighted by molar-refractivity contribution is 0.600. The molecule has 20 heavy (non-hydrogen) atoms. The molecule has 1 N–H and O–H groups in total. The van der Waals surface area contributed by atoms with Crippen LogP contribution in [0.3, 0.4) is 0 Å². The summed E-state index contributed by atoms with van der Waals surface area (Å²) in [5.74, 6) is -0.280. The highest BCUT2D eigenvalue weighted by molar-refractivity contribution is 9.10. The first kappa shape index (κ1) is 16.1. The molecule has 0 bridgehead atoms. The maximum absolute atomic E-state index is 13.9. The van der Waals surface area contributed by atoms with Crippen LogP contribution in [-0.2, 0) is 0 Å². The van der Waals surface area contributed by atoms with Gasteiger partial charge in [-0.05, 0) is 37.3 Å². The number of benzene rings is 2. The molecule has 0 aromatic heterocycles. The van der Waals surface area contributed by atoms with Gasteiger partial charge in [-0.3, -0.25) is 0 Å². The van der Waals surface area contributed by atoms with Gasteiger partial charge >= 0.3 is 0 Å². The van der Waals surface area contributed by atoms with E-state index in [1.807, 2.05) is 6.92 Å². The monoisotopic (exact) mass is 439 g/mol. The van der Waals surface area contributed by atoms with Crippen molar-refractivity contribution in [1.29, 1.82) is 0 Å². The quantitative estimate of drug-likeness (QED) is 0.550. The fourth-order valence-corrected chi connectivity index (χ4v) is 3.52. The Labute approximate surface area is 143 Å². The van der Waals surface area contributed by atoms with E-state index in [9.17, 15) is 4.39 Å². The summed E-state index contributed by atoms with van der Waals surface area (Å²) >= 11 is 19.0. The fraction of sp³-hybridized carbons (Fsp3) is 0.143. The molecule has 1 unspecified atom stereocenters. The molecule has 2 aromatic carbocycles. The van der Waals surface area contributed by atoms with Gasteiger partial charge in [-0.2, -0.15) is 0 Å². The molecule has 0 radical (unpaired) electrons. The van der Waals surface area contributed by atoms with Gasteiger partial charge in [0.15, 0.2) is 0 Å². The van der Waals surface area contributed by atoms with Crippen molar-refractivity contribution in [2.45, 2.75) is 13.0 Å². The number of nitrogens with one attached hydrogen (secondary N) is 1. The average Bonchev–Trinajstić information content (AvgIpc) is 2.36. The average molecular weight is 442 g/mol. The van der Waals surface area contributed by atoms with E-state index < -0.39 is 0 Å². The molecule has 6 heteroatoms. The van der Waals surface area contributed by atoms with Crippen molar-refractivity contribution in [1.82, 2.24) is 0 Å². The van der Waals surface area contributed by atoms with Crippen molar-refractivity contribution in [2.24, 2.45) is 0 Å². The lowest BCUT2D eigenvalue weighted by Gasteiger charge is -2.19. The van der Waals surface area contributed by atoms with Crippen LogP contribution in [0.25, 0.3) is 0 Å². The van der Waals surface area contributed by atoms with Crippen molar-refractivity contribution < 1.29 is 4.39 Å². The Morgan fingerprint density at radius 1 is 1.05 bits per heavy atom. The van der Waals surface area contributed by atoms with Crippen LogP contribution in [0.4, 0.5) is 10.1 Å². The summed E-state index contributed by atoms with van der Waals surface area (Å²) in [6, 6.07) is 8.00. The van der Waals surface area contributed by atoms with Crippen LogP contribution < -0.4 is 5.32 Å². The predicted molar refractivity (Wildman–Crippen MR) is 90.3 cm³/mol. The number of halogens is 5. The summed E-state index contributed by atoms with van der Waals surface area (Å²) in [5, 5.41) is 4.10. The van der Waals surface area contributed by atoms with Crippen molar-refractivity contribution in [3.05, 3.63) is 60.7 Å². The molecular formula is C14H10Br2Cl2FN. The molecule has 0 amide bonds. The Morgan fingerprint density at radius 2 is 1.65 bits per heavy atom. The highest BCUT2D eigenvalue weighted by Crippen LogP contribution is 2.36. The molecule has 0 aliphatic rings. The van der Waals surface area contributed by atoms with Crippen molar-refractivity contribution in [3.8, 4) is 0 Å². The molecular weight excluding hydrogens is 432 g/mol. The van der Waals surface area contributed by atoms with Gasteiger partial charge in [0, 0.05) is 14.5 Å². The molecule has 1 atom stereocenters. The summed E-state index contributed by atoms with van der Waals surface area (Å²) in [4.78, 5) is 0. The first-order valence-corrected chi connectivity index (χ1v) is 8.08. The first-order valence-electron chi connectivity index (χ1n) is 5.74. The zero-order valence-electron chi connectivity index (χ0n) is 10.4. The van der Waals surface area contributed by atoms with Crippen molar-refractivity contribution in [3.63, 3.8) is 0 Å². The van der Waals surface area contributed by atoms with E-state index in [1.54, 1.807) is 24.3 Å². The number of rotatable bonds is 3. The van der Waals surface area contributed by atoms with Crippen LogP contribution in [0.1, 0.15) is 18.5 Å². The van der Waals surface area contributed by atoms with E-state index in [-0.39, 0.29) is 11.9 Å². The van der Waals surface area contributed by atoms with Gasteiger partial charge < -0.3 is 5.32 Å². The molecule has 1 nitrogen and oxygen atoms in total. The maximum atomic E-state index is 13.9. The Morgan fingerprint density at radius 3 is 2.25 bits per heavy atom. The molecule has 0 saturated heterocycles. The lowest BCUT2D eigenvalue weighted by atomic mass is 10.1. The molecule has 2 rings (SSSR count). The van der Waals surface area contributed by atoms with Gasteiger partial charge in [0.25, 0.3) is 0 Å². The third-order valence-corrected chi connectivity index (χ3v) is 4.34. The van der Waals surface area contributed by atoms with E-state index >= 15 is 0 Å². The summed E-state index contributed by atoms with van der Waals surface area (Å²) in [5.41, 5.74) is 1.12. The third-order valence-electron chi connectivity index (χ3n) is 2.79. The molecule has 0 fully saturated rings. The molecule has 0 aliphatic carbocycles. The molecule has 0 heterocycles. The Hall–Kier alpha value is -0.290. The van der Waals surface area contributed by atoms with Crippen LogP contribution in [0.15, 0.2) is 39.3 Å². The molecule has 2 aromatic rings. The van der Waals surface area contributed by atoms with E-state index in [0.29, 0.717) is 21.3 Å². The summed E-state index contributed by atoms with van der Waals surface area (Å²) < 4.78 is 15.5. The van der Waals surface area contributed by atoms with Crippen LogP contribution in [-0.4, -0.2) is 0 Å². The van der Waals surface area contributed by atoms with Crippen LogP contribution in [0.5, 0.6) is 0 Å². The van der Waals surface area contributed by atoms with Crippen LogP contribution in [0, 0.1) is 5.82 Å². The Kier molecular flexibility index (Phi) is 5.35. The van der Waals surface area contributed by atoms with Gasteiger partial charge in [-0.25, -0.2) is 4.39 Å². The van der Waals surface area contributed by atoms with Gasteiger partial charge in [0.2, 0.25) is 0 Å². The number of hydrogen-bond donors (Lipinski definition) is 1. The summed E-state index contributed by atoms with van der Waals surface area (Å²) in [6.07, 6.45) is 0. The van der Waals surface area contributed by atoms with Gasteiger partial charge in [-0.15, -0.1) is 0 Å². The standard InChI is InChI=1S/C14H10Br2Cl2FN/c1-7(10-4-8(15)2-3-13(10)19)20-14-11(17)5-9(16)6-12(14)18/h2-7,20H,1H3. The lowest BCUT2D eigenvalue weighted by Crippen LogP contribution is -2.09. The highest BCUT2D eigenvalue weighted by Gasteiger charge is 2.15. The highest BCUT2D eigenvalue weighted by atomic mass is 79.9. The second-order valence-electron chi connectivity index (χ2n) is 4.28. The zero-order chi connectivity index (χ0) is 14.9. The Balaban J connectivity index is 2.32. The number of anilines is 1. The van der Waals surface area contributed by atoms with E-state index in [1.165, 1.54) is 6.07 Å². The molecule has 0 spiro atoms. The molecule has 0 saturated carbocycles. The van der Waals surface area contributed by atoms with Crippen LogP contribution in [0.2, 0.25) is 10.0 Å². The topological polar surface area (TPSA) is 12.0 Å². The fourth-order valence-electron chi connectivity index (χ4n) is 1.82. The van der Waals surface area contributed by atoms with Gasteiger partial charge in [-0.1, -0.05) is 55.1 Å². The first-order chi connectivity index (χ1) is 9.38. The molecule has 106 valence electrons. The second kappa shape index (κ2) is 6.65. The smallest absolute Gasteiger partial charge is 0.128 e.